The van der Waals surface area contributed by atoms with E-state index in [1.165, 1.54) is 0 Å². The third kappa shape index (κ3) is 6.42. The zero-order chi connectivity index (χ0) is 15.8. The van der Waals surface area contributed by atoms with E-state index in [0.717, 1.165) is 5.69 Å². The van der Waals surface area contributed by atoms with Gasteiger partial charge in [0.2, 0.25) is 5.91 Å². The summed E-state index contributed by atoms with van der Waals surface area (Å²) in [4.78, 5) is 35.3. The lowest BCUT2D eigenvalue weighted by Gasteiger charge is -2.14. The Labute approximate surface area is 122 Å². The molecule has 114 valence electrons. The van der Waals surface area contributed by atoms with E-state index in [4.69, 9.17) is 5.11 Å². The molecule has 7 nitrogen and oxygen atoms in total. The fraction of sp³-hybridized carbons (Fsp3) is 0.357. The summed E-state index contributed by atoms with van der Waals surface area (Å²) in [6, 6.07) is 6.53. The van der Waals surface area contributed by atoms with Crippen LogP contribution in [0.4, 0.5) is 16.2 Å². The van der Waals surface area contributed by atoms with Gasteiger partial charge in [0.1, 0.15) is 0 Å². The molecule has 0 saturated heterocycles. The highest BCUT2D eigenvalue weighted by Gasteiger charge is 2.09. The second-order valence-electron chi connectivity index (χ2n) is 4.69. The predicted octanol–water partition coefficient (Wildman–Crippen LogP) is 1.66. The van der Waals surface area contributed by atoms with Crippen molar-refractivity contribution in [2.75, 3.05) is 24.3 Å². The minimum atomic E-state index is -0.965. The second-order valence-corrected chi connectivity index (χ2v) is 4.69. The number of urea groups is 1. The van der Waals surface area contributed by atoms with Gasteiger partial charge in [0.05, 0.1) is 0 Å². The van der Waals surface area contributed by atoms with Crippen LogP contribution in [0.15, 0.2) is 24.3 Å². The number of hydrogen-bond acceptors (Lipinski definition) is 4. The molecular formula is C14H19N3O4. The van der Waals surface area contributed by atoms with Crippen LogP contribution in [0.5, 0.6) is 0 Å². The van der Waals surface area contributed by atoms with E-state index in [0.29, 0.717) is 5.69 Å². The molecule has 0 bridgehead atoms. The van der Waals surface area contributed by atoms with Crippen molar-refractivity contribution in [3.63, 3.8) is 0 Å². The normalized spacial score (nSPS) is 9.81. The van der Waals surface area contributed by atoms with Gasteiger partial charge in [-0.2, -0.15) is 0 Å². The van der Waals surface area contributed by atoms with Gasteiger partial charge in [-0.25, -0.2) is 4.79 Å². The predicted molar refractivity (Wildman–Crippen MR) is 79.4 cm³/mol. The number of aliphatic carboxylic acids is 1. The summed E-state index contributed by atoms with van der Waals surface area (Å²) < 4.78 is 0. The Hall–Kier alpha value is -2.57. The molecule has 0 saturated carbocycles. The molecule has 0 aromatic heterocycles. The molecule has 0 unspecified atom stereocenters. The Morgan fingerprint density at radius 2 is 1.90 bits per heavy atom. The number of benzene rings is 1. The Morgan fingerprint density at radius 3 is 2.52 bits per heavy atom. The van der Waals surface area contributed by atoms with Crippen molar-refractivity contribution >= 4 is 29.3 Å². The van der Waals surface area contributed by atoms with Gasteiger partial charge in [-0.15, -0.1) is 0 Å². The molecule has 1 aromatic carbocycles. The van der Waals surface area contributed by atoms with Crippen LogP contribution in [-0.4, -0.2) is 37.1 Å². The molecule has 0 aliphatic heterocycles. The van der Waals surface area contributed by atoms with E-state index in [-0.39, 0.29) is 19.3 Å². The van der Waals surface area contributed by atoms with E-state index in [2.05, 4.69) is 10.6 Å². The summed E-state index contributed by atoms with van der Waals surface area (Å²) in [5.74, 6) is -1.47. The number of carboxylic acid groups (broad SMARTS) is 1. The molecule has 0 spiro atoms. The lowest BCUT2D eigenvalue weighted by molar-refractivity contribution is -0.137. The van der Waals surface area contributed by atoms with Gasteiger partial charge in [-0.05, 0) is 24.6 Å². The van der Waals surface area contributed by atoms with E-state index in [1.807, 2.05) is 25.1 Å². The number of nitrogens with zero attached hydrogens (tertiary/aromatic N) is 1. The van der Waals surface area contributed by atoms with Crippen molar-refractivity contribution in [2.45, 2.75) is 19.3 Å². The third-order valence-electron chi connectivity index (χ3n) is 2.67. The monoisotopic (exact) mass is 293 g/mol. The van der Waals surface area contributed by atoms with Gasteiger partial charge in [0.15, 0.2) is 0 Å². The number of rotatable bonds is 6. The maximum absolute atomic E-state index is 11.6. The summed E-state index contributed by atoms with van der Waals surface area (Å²) in [5, 5.41) is 13.2. The molecule has 3 amide bonds. The Kier molecular flexibility index (Phi) is 6.19. The first kappa shape index (κ1) is 16.5. The maximum atomic E-state index is 11.6. The van der Waals surface area contributed by atoms with Crippen LogP contribution >= 0.6 is 0 Å². The Bertz CT molecular complexity index is 529. The van der Waals surface area contributed by atoms with Crippen LogP contribution in [0.3, 0.4) is 0 Å². The molecule has 0 heterocycles. The van der Waals surface area contributed by atoms with Crippen LogP contribution < -0.4 is 15.5 Å². The lowest BCUT2D eigenvalue weighted by Crippen LogP contribution is -2.34. The standard InChI is InChI=1S/C14H19N3O4/c1-17(2)11-6-3-5-10(9-11)15-14(21)16-12(18)7-4-8-13(19)20/h3,5-6,9H,4,7-8H2,1-2H3,(H,19,20)(H2,15,16,18,21). The summed E-state index contributed by atoms with van der Waals surface area (Å²) in [6.07, 6.45) is 0.0991. The molecule has 0 radical (unpaired) electrons. The average Bonchev–Trinajstić information content (AvgIpc) is 2.38. The van der Waals surface area contributed by atoms with Gasteiger partial charge in [0.25, 0.3) is 0 Å². The van der Waals surface area contributed by atoms with E-state index < -0.39 is 17.9 Å². The van der Waals surface area contributed by atoms with Crippen LogP contribution in [0, 0.1) is 0 Å². The fourth-order valence-electron chi connectivity index (χ4n) is 1.61. The molecule has 0 atom stereocenters. The van der Waals surface area contributed by atoms with Crippen molar-refractivity contribution in [3.8, 4) is 0 Å². The van der Waals surface area contributed by atoms with E-state index in [9.17, 15) is 14.4 Å². The van der Waals surface area contributed by atoms with Gasteiger partial charge in [-0.3, -0.25) is 14.9 Å². The number of carboxylic acids is 1. The topological polar surface area (TPSA) is 98.7 Å². The number of hydrogen-bond donors (Lipinski definition) is 3. The molecule has 0 aliphatic carbocycles. The largest absolute Gasteiger partial charge is 0.481 e. The number of carbonyl (C=O) groups is 3. The highest BCUT2D eigenvalue weighted by atomic mass is 16.4. The molecule has 3 N–H and O–H groups in total. The summed E-state index contributed by atoms with van der Waals surface area (Å²) in [6.45, 7) is 0. The maximum Gasteiger partial charge on any atom is 0.325 e. The number of imide groups is 1. The number of carbonyl (C=O) groups excluding carboxylic acids is 2. The SMILES string of the molecule is CN(C)c1cccc(NC(=O)NC(=O)CCCC(=O)O)c1. The van der Waals surface area contributed by atoms with Crippen LogP contribution in [0.25, 0.3) is 0 Å². The van der Waals surface area contributed by atoms with Crippen LogP contribution in [-0.2, 0) is 9.59 Å². The van der Waals surface area contributed by atoms with E-state index >= 15 is 0 Å². The summed E-state index contributed by atoms with van der Waals surface area (Å²) in [5.41, 5.74) is 1.48. The minimum Gasteiger partial charge on any atom is -0.481 e. The van der Waals surface area contributed by atoms with Crippen molar-refractivity contribution in [3.05, 3.63) is 24.3 Å². The van der Waals surface area contributed by atoms with E-state index in [1.54, 1.807) is 18.2 Å². The lowest BCUT2D eigenvalue weighted by atomic mass is 10.2. The molecule has 7 heteroatoms. The molecule has 1 rings (SSSR count). The number of amides is 3. The van der Waals surface area contributed by atoms with Crippen molar-refractivity contribution in [1.29, 1.82) is 0 Å². The van der Waals surface area contributed by atoms with Gasteiger partial charge in [0, 0.05) is 38.3 Å². The zero-order valence-electron chi connectivity index (χ0n) is 12.0. The van der Waals surface area contributed by atoms with Crippen molar-refractivity contribution < 1.29 is 19.5 Å². The fourth-order valence-corrected chi connectivity index (χ4v) is 1.61. The molecule has 0 aliphatic rings. The molecule has 1 aromatic rings. The zero-order valence-corrected chi connectivity index (χ0v) is 12.0. The van der Waals surface area contributed by atoms with Gasteiger partial charge < -0.3 is 15.3 Å². The molecule has 0 fully saturated rings. The molecule has 21 heavy (non-hydrogen) atoms. The second kappa shape index (κ2) is 7.88. The third-order valence-corrected chi connectivity index (χ3v) is 2.67. The number of nitrogens with one attached hydrogen (secondary N) is 2. The quantitative estimate of drug-likeness (QED) is 0.740. The Balaban J connectivity index is 2.44. The summed E-state index contributed by atoms with van der Waals surface area (Å²) >= 11 is 0. The smallest absolute Gasteiger partial charge is 0.325 e. The van der Waals surface area contributed by atoms with Gasteiger partial charge >= 0.3 is 12.0 Å². The van der Waals surface area contributed by atoms with Gasteiger partial charge in [-0.1, -0.05) is 6.07 Å². The number of anilines is 2. The van der Waals surface area contributed by atoms with Crippen LogP contribution in [0.1, 0.15) is 19.3 Å². The molecular weight excluding hydrogens is 274 g/mol. The highest BCUT2D eigenvalue weighted by Crippen LogP contribution is 2.16. The first-order valence-electron chi connectivity index (χ1n) is 6.48. The average molecular weight is 293 g/mol. The van der Waals surface area contributed by atoms with Crippen molar-refractivity contribution in [1.82, 2.24) is 5.32 Å². The highest BCUT2D eigenvalue weighted by molar-refractivity contribution is 6.01. The minimum absolute atomic E-state index is 0.00252. The first-order chi connectivity index (χ1) is 9.88. The summed E-state index contributed by atoms with van der Waals surface area (Å²) in [7, 11) is 3.76. The van der Waals surface area contributed by atoms with Crippen LogP contribution in [0.2, 0.25) is 0 Å². The Morgan fingerprint density at radius 1 is 1.19 bits per heavy atom. The first-order valence-corrected chi connectivity index (χ1v) is 6.48. The van der Waals surface area contributed by atoms with Crippen molar-refractivity contribution in [2.24, 2.45) is 0 Å².